The normalized spacial score (nSPS) is 11.5. The highest BCUT2D eigenvalue weighted by Crippen LogP contribution is 2.31. The van der Waals surface area contributed by atoms with Crippen molar-refractivity contribution in [3.63, 3.8) is 0 Å². The van der Waals surface area contributed by atoms with Crippen LogP contribution >= 0.6 is 11.8 Å². The first-order chi connectivity index (χ1) is 12.1. The zero-order chi connectivity index (χ0) is 18.1. The molecule has 1 N–H and O–H groups in total. The zero-order valence-corrected chi connectivity index (χ0v) is 17.4. The second kappa shape index (κ2) is 9.93. The molecule has 2 nitrogen and oxygen atoms in total. The Morgan fingerprint density at radius 2 is 1.56 bits per heavy atom. The van der Waals surface area contributed by atoms with Gasteiger partial charge in [0.25, 0.3) is 0 Å². The fraction of sp³-hybridized carbons (Fsp3) is 0.429. The van der Waals surface area contributed by atoms with Crippen LogP contribution in [0, 0.1) is 0 Å². The van der Waals surface area contributed by atoms with Crippen molar-refractivity contribution >= 4 is 25.0 Å². The van der Waals surface area contributed by atoms with Crippen molar-refractivity contribution in [1.29, 1.82) is 0 Å². The number of phenolic OH excluding ortho intramolecular Hbond substituents is 1. The lowest BCUT2D eigenvalue weighted by atomic mass is 10.3. The van der Waals surface area contributed by atoms with Crippen molar-refractivity contribution < 1.29 is 9.84 Å². The van der Waals surface area contributed by atoms with E-state index in [0.29, 0.717) is 12.4 Å². The van der Waals surface area contributed by atoms with Crippen LogP contribution in [0.5, 0.6) is 11.5 Å². The van der Waals surface area contributed by atoms with Crippen molar-refractivity contribution in [2.75, 3.05) is 12.0 Å². The summed E-state index contributed by atoms with van der Waals surface area (Å²) in [5.41, 5.74) is 0. The number of rotatable bonds is 10. The molecule has 0 aromatic heterocycles. The molecule has 25 heavy (non-hydrogen) atoms. The van der Waals surface area contributed by atoms with Crippen LogP contribution < -0.4 is 9.92 Å². The Kier molecular flexibility index (Phi) is 7.91. The summed E-state index contributed by atoms with van der Waals surface area (Å²) in [5.74, 6) is 1.42. The first-order valence-electron chi connectivity index (χ1n) is 9.29. The molecule has 0 bridgehead atoms. The van der Waals surface area contributed by atoms with Crippen molar-refractivity contribution in [2.45, 2.75) is 50.6 Å². The first kappa shape index (κ1) is 19.9. The highest BCUT2D eigenvalue weighted by molar-refractivity contribution is 8.01. The van der Waals surface area contributed by atoms with E-state index in [-0.39, 0.29) is 0 Å². The summed E-state index contributed by atoms with van der Waals surface area (Å²) in [5, 5.41) is 12.1. The lowest BCUT2D eigenvalue weighted by Gasteiger charge is -2.33. The molecular formula is C21H30O2SSi. The van der Waals surface area contributed by atoms with Gasteiger partial charge in [0.15, 0.2) is 0 Å². The standard InChI is InChI=1S/C21H30O2SSi/c1-4-15-25(16-5-2,17-24-19-13-11-18(22)12-14-19)21-10-8-7-9-20(21)23-6-3/h7-14,22H,4-6,15-17H2,1-3H3. The lowest BCUT2D eigenvalue weighted by Crippen LogP contribution is -2.51. The average Bonchev–Trinajstić information content (AvgIpc) is 2.62. The second-order valence-electron chi connectivity index (χ2n) is 6.49. The molecule has 0 unspecified atom stereocenters. The summed E-state index contributed by atoms with van der Waals surface area (Å²) in [7, 11) is -1.67. The first-order valence-corrected chi connectivity index (χ1v) is 12.9. The van der Waals surface area contributed by atoms with E-state index in [1.807, 2.05) is 23.9 Å². The topological polar surface area (TPSA) is 29.5 Å². The minimum Gasteiger partial charge on any atom is -0.508 e. The van der Waals surface area contributed by atoms with E-state index in [9.17, 15) is 5.11 Å². The summed E-state index contributed by atoms with van der Waals surface area (Å²) in [6.45, 7) is 7.37. The molecule has 0 saturated heterocycles. The number of thioether (sulfide) groups is 1. The third-order valence-corrected chi connectivity index (χ3v) is 12.4. The summed E-state index contributed by atoms with van der Waals surface area (Å²) in [4.78, 5) is 1.23. The molecule has 0 aliphatic carbocycles. The second-order valence-corrected chi connectivity index (χ2v) is 12.5. The van der Waals surface area contributed by atoms with Crippen molar-refractivity contribution in [3.8, 4) is 11.5 Å². The predicted octanol–water partition coefficient (Wildman–Crippen LogP) is 5.60. The van der Waals surface area contributed by atoms with Crippen molar-refractivity contribution in [2.24, 2.45) is 0 Å². The van der Waals surface area contributed by atoms with E-state index in [4.69, 9.17) is 4.74 Å². The Bertz CT molecular complexity index is 637. The molecule has 0 amide bonds. The van der Waals surface area contributed by atoms with Gasteiger partial charge in [-0.3, -0.25) is 0 Å². The Balaban J connectivity index is 2.34. The highest BCUT2D eigenvalue weighted by Gasteiger charge is 2.35. The maximum atomic E-state index is 9.51. The van der Waals surface area contributed by atoms with Gasteiger partial charge in [-0.1, -0.05) is 57.0 Å². The van der Waals surface area contributed by atoms with E-state index < -0.39 is 8.07 Å². The van der Waals surface area contributed by atoms with Gasteiger partial charge in [0.05, 0.1) is 6.61 Å². The molecule has 2 rings (SSSR count). The van der Waals surface area contributed by atoms with Gasteiger partial charge in [0.1, 0.15) is 19.6 Å². The number of benzene rings is 2. The maximum absolute atomic E-state index is 9.51. The van der Waals surface area contributed by atoms with Crippen LogP contribution in [0.2, 0.25) is 12.1 Å². The maximum Gasteiger partial charge on any atom is 0.118 e. The summed E-state index contributed by atoms with van der Waals surface area (Å²) in [6, 6.07) is 18.9. The summed E-state index contributed by atoms with van der Waals surface area (Å²) >= 11 is 1.93. The van der Waals surface area contributed by atoms with Gasteiger partial charge >= 0.3 is 0 Å². The van der Waals surface area contributed by atoms with Crippen LogP contribution in [-0.2, 0) is 0 Å². The van der Waals surface area contributed by atoms with Gasteiger partial charge < -0.3 is 9.84 Å². The lowest BCUT2D eigenvalue weighted by molar-refractivity contribution is 0.342. The van der Waals surface area contributed by atoms with Crippen LogP contribution in [0.25, 0.3) is 0 Å². The molecule has 2 aromatic rings. The molecule has 136 valence electrons. The number of hydrogen-bond acceptors (Lipinski definition) is 3. The van der Waals surface area contributed by atoms with Gasteiger partial charge in [0, 0.05) is 4.90 Å². The number of para-hydroxylation sites is 1. The monoisotopic (exact) mass is 374 g/mol. The van der Waals surface area contributed by atoms with Gasteiger partial charge in [-0.15, -0.1) is 11.8 Å². The minimum absolute atomic E-state index is 0.330. The quantitative estimate of drug-likeness (QED) is 0.434. The highest BCUT2D eigenvalue weighted by atomic mass is 32.2. The number of ether oxygens (including phenoxy) is 1. The molecule has 0 heterocycles. The number of aromatic hydroxyl groups is 1. The SMILES string of the molecule is CCC[Si](CCC)(CSc1ccc(O)cc1)c1ccccc1OCC. The van der Waals surface area contributed by atoms with Crippen LogP contribution in [0.15, 0.2) is 53.4 Å². The third kappa shape index (κ3) is 5.29. The largest absolute Gasteiger partial charge is 0.508 e. The fourth-order valence-electron chi connectivity index (χ4n) is 3.52. The van der Waals surface area contributed by atoms with E-state index >= 15 is 0 Å². The molecule has 0 aliphatic rings. The molecule has 0 atom stereocenters. The zero-order valence-electron chi connectivity index (χ0n) is 15.6. The number of phenols is 1. The van der Waals surface area contributed by atoms with E-state index in [1.54, 1.807) is 12.1 Å². The summed E-state index contributed by atoms with van der Waals surface area (Å²) < 4.78 is 6.00. The van der Waals surface area contributed by atoms with Gasteiger partial charge in [0.2, 0.25) is 0 Å². The average molecular weight is 375 g/mol. The molecule has 0 fully saturated rings. The minimum atomic E-state index is -1.67. The molecule has 0 saturated carbocycles. The number of hydrogen-bond donors (Lipinski definition) is 1. The Hall–Kier alpha value is -1.39. The van der Waals surface area contributed by atoms with Crippen LogP contribution in [0.1, 0.15) is 33.6 Å². The van der Waals surface area contributed by atoms with E-state index in [2.05, 4.69) is 45.0 Å². The molecule has 0 spiro atoms. The Morgan fingerprint density at radius 1 is 0.920 bits per heavy atom. The third-order valence-electron chi connectivity index (χ3n) is 4.57. The van der Waals surface area contributed by atoms with Gasteiger partial charge in [-0.05, 0) is 47.8 Å². The molecular weight excluding hydrogens is 344 g/mol. The molecule has 2 aromatic carbocycles. The Morgan fingerprint density at radius 3 is 2.16 bits per heavy atom. The van der Waals surface area contributed by atoms with Crippen LogP contribution in [-0.4, -0.2) is 25.2 Å². The van der Waals surface area contributed by atoms with Gasteiger partial charge in [-0.2, -0.15) is 0 Å². The summed E-state index contributed by atoms with van der Waals surface area (Å²) in [6.07, 6.45) is 2.42. The Labute approximate surface area is 157 Å². The smallest absolute Gasteiger partial charge is 0.118 e. The van der Waals surface area contributed by atoms with Crippen LogP contribution in [0.4, 0.5) is 0 Å². The molecule has 0 radical (unpaired) electrons. The molecule has 4 heteroatoms. The fourth-order valence-corrected chi connectivity index (χ4v) is 11.2. The van der Waals surface area contributed by atoms with Crippen molar-refractivity contribution in [1.82, 2.24) is 0 Å². The van der Waals surface area contributed by atoms with E-state index in [0.717, 1.165) is 11.1 Å². The van der Waals surface area contributed by atoms with Crippen LogP contribution in [0.3, 0.4) is 0 Å². The van der Waals surface area contributed by atoms with Gasteiger partial charge in [-0.25, -0.2) is 0 Å². The van der Waals surface area contributed by atoms with Crippen molar-refractivity contribution in [3.05, 3.63) is 48.5 Å². The molecule has 0 aliphatic heterocycles. The van der Waals surface area contributed by atoms with E-state index in [1.165, 1.54) is 35.0 Å². The predicted molar refractivity (Wildman–Crippen MR) is 112 cm³/mol.